The molecular weight excluding hydrogens is 407 g/mol. The van der Waals surface area contributed by atoms with Crippen molar-refractivity contribution in [3.8, 4) is 0 Å². The van der Waals surface area contributed by atoms with E-state index in [9.17, 15) is 9.18 Å². The number of alkyl halides is 1. The molecule has 3 aliphatic rings. The summed E-state index contributed by atoms with van der Waals surface area (Å²) in [4.78, 5) is 18.2. The van der Waals surface area contributed by atoms with Gasteiger partial charge in [0.2, 0.25) is 0 Å². The predicted octanol–water partition coefficient (Wildman–Crippen LogP) is 2.32. The highest BCUT2D eigenvalue weighted by atomic mass is 19.1. The van der Waals surface area contributed by atoms with Crippen LogP contribution in [0.25, 0.3) is 0 Å². The molecule has 180 valence electrons. The van der Waals surface area contributed by atoms with Crippen LogP contribution in [0.15, 0.2) is 0 Å². The normalized spacial score (nSPS) is 34.0. The van der Waals surface area contributed by atoms with Crippen LogP contribution in [0.4, 0.5) is 4.39 Å². The highest BCUT2D eigenvalue weighted by Gasteiger charge is 2.41. The van der Waals surface area contributed by atoms with Crippen molar-refractivity contribution < 1.29 is 33.0 Å². The van der Waals surface area contributed by atoms with Gasteiger partial charge in [-0.2, -0.15) is 5.48 Å². The molecule has 2 aliphatic carbocycles. The average molecular weight is 447 g/mol. The summed E-state index contributed by atoms with van der Waals surface area (Å²) in [6.45, 7) is 2.69. The molecular formula is C22H39FN2O6. The monoisotopic (exact) mass is 446 g/mol. The molecule has 9 heteroatoms. The van der Waals surface area contributed by atoms with Gasteiger partial charge in [0.05, 0.1) is 45.1 Å². The molecule has 0 radical (unpaired) electrons. The van der Waals surface area contributed by atoms with Crippen LogP contribution in [-0.2, 0) is 28.6 Å². The highest BCUT2D eigenvalue weighted by molar-refractivity contribution is 5.72. The molecule has 0 amide bonds. The van der Waals surface area contributed by atoms with Gasteiger partial charge < -0.3 is 18.9 Å². The van der Waals surface area contributed by atoms with E-state index in [1.54, 1.807) is 7.11 Å². The maximum absolute atomic E-state index is 14.3. The van der Waals surface area contributed by atoms with Gasteiger partial charge >= 0.3 is 5.97 Å². The van der Waals surface area contributed by atoms with E-state index in [0.29, 0.717) is 39.5 Å². The molecule has 0 aromatic carbocycles. The maximum Gasteiger partial charge on any atom is 0.309 e. The molecule has 2 N–H and O–H groups in total. The zero-order valence-corrected chi connectivity index (χ0v) is 18.7. The van der Waals surface area contributed by atoms with Crippen LogP contribution in [0.1, 0.15) is 51.4 Å². The van der Waals surface area contributed by atoms with Crippen LogP contribution in [0.2, 0.25) is 0 Å². The van der Waals surface area contributed by atoms with E-state index in [-0.39, 0.29) is 42.7 Å². The van der Waals surface area contributed by atoms with Crippen molar-refractivity contribution in [2.24, 2.45) is 17.8 Å². The number of rotatable bonds is 12. The van der Waals surface area contributed by atoms with Crippen LogP contribution in [0.3, 0.4) is 0 Å². The molecule has 6 unspecified atom stereocenters. The van der Waals surface area contributed by atoms with Crippen molar-refractivity contribution >= 4 is 5.97 Å². The zero-order valence-electron chi connectivity index (χ0n) is 18.7. The number of nitrogens with one attached hydrogen (secondary N) is 2. The van der Waals surface area contributed by atoms with Crippen molar-refractivity contribution in [2.75, 3.05) is 46.8 Å². The van der Waals surface area contributed by atoms with Crippen LogP contribution >= 0.6 is 0 Å². The van der Waals surface area contributed by atoms with Crippen molar-refractivity contribution in [3.05, 3.63) is 0 Å². The Morgan fingerprint density at radius 2 is 1.71 bits per heavy atom. The molecule has 6 atom stereocenters. The molecule has 0 aromatic rings. The van der Waals surface area contributed by atoms with Gasteiger partial charge in [-0.25, -0.2) is 4.39 Å². The van der Waals surface area contributed by atoms with E-state index >= 15 is 0 Å². The van der Waals surface area contributed by atoms with E-state index in [0.717, 1.165) is 44.9 Å². The number of halogens is 1. The molecule has 0 bridgehead atoms. The summed E-state index contributed by atoms with van der Waals surface area (Å²) in [5, 5.41) is 3.44. The van der Waals surface area contributed by atoms with E-state index in [1.807, 2.05) is 0 Å². The van der Waals surface area contributed by atoms with Crippen LogP contribution in [0.5, 0.6) is 0 Å². The fourth-order valence-electron chi connectivity index (χ4n) is 4.82. The minimum Gasteiger partial charge on any atom is -0.463 e. The summed E-state index contributed by atoms with van der Waals surface area (Å²) in [6, 6.07) is 0. The van der Waals surface area contributed by atoms with Gasteiger partial charge in [0.15, 0.2) is 0 Å². The summed E-state index contributed by atoms with van der Waals surface area (Å²) < 4.78 is 35.3. The summed E-state index contributed by atoms with van der Waals surface area (Å²) in [5.74, 6) is -0.0991. The zero-order chi connectivity index (χ0) is 21.9. The number of ether oxygens (including phenoxy) is 4. The van der Waals surface area contributed by atoms with Gasteiger partial charge in [-0.05, 0) is 38.0 Å². The smallest absolute Gasteiger partial charge is 0.309 e. The van der Waals surface area contributed by atoms with Crippen LogP contribution in [0, 0.1) is 17.8 Å². The Morgan fingerprint density at radius 1 is 0.968 bits per heavy atom. The summed E-state index contributed by atoms with van der Waals surface area (Å²) in [6.07, 6.45) is 5.93. The van der Waals surface area contributed by atoms with Crippen LogP contribution in [-0.4, -0.2) is 71.3 Å². The number of hydrogen-bond acceptors (Lipinski definition) is 8. The fourth-order valence-corrected chi connectivity index (χ4v) is 4.82. The van der Waals surface area contributed by atoms with Gasteiger partial charge in [0.1, 0.15) is 19.0 Å². The first-order chi connectivity index (χ1) is 15.2. The lowest BCUT2D eigenvalue weighted by molar-refractivity contribution is -0.152. The minimum absolute atomic E-state index is 0.0452. The largest absolute Gasteiger partial charge is 0.463 e. The Kier molecular flexibility index (Phi) is 10.9. The number of carbonyl (C=O) groups is 1. The van der Waals surface area contributed by atoms with Gasteiger partial charge in [0.25, 0.3) is 0 Å². The first-order valence-corrected chi connectivity index (χ1v) is 11.8. The third kappa shape index (κ3) is 7.91. The van der Waals surface area contributed by atoms with Gasteiger partial charge in [-0.3, -0.25) is 14.9 Å². The van der Waals surface area contributed by atoms with Crippen molar-refractivity contribution in [1.29, 1.82) is 0 Å². The molecule has 0 aromatic heterocycles. The molecule has 3 fully saturated rings. The second kappa shape index (κ2) is 13.6. The third-order valence-electron chi connectivity index (χ3n) is 6.58. The standard InChI is InChI=1S/C22H39FN2O6/c1-27-9-10-28-11-12-29-13-14-30-22(26)17-6-4-5-16(15-17)20-24-21(31-25-20)18-7-2-3-8-19(18)23/h16-21,24-25H,2-15H2,1H3. The number of methoxy groups -OCH3 is 1. The summed E-state index contributed by atoms with van der Waals surface area (Å²) >= 11 is 0. The Labute approximate surface area is 184 Å². The SMILES string of the molecule is COCCOCCOCCOC(=O)C1CCCC(C2NOC(C3CCCCC3F)N2)C1. The molecule has 8 nitrogen and oxygen atoms in total. The topological polar surface area (TPSA) is 87.3 Å². The lowest BCUT2D eigenvalue weighted by atomic mass is 9.79. The first kappa shape index (κ1) is 24.8. The van der Waals surface area contributed by atoms with Crippen molar-refractivity contribution in [2.45, 2.75) is 69.9 Å². The lowest BCUT2D eigenvalue weighted by Crippen LogP contribution is -2.46. The predicted molar refractivity (Wildman–Crippen MR) is 112 cm³/mol. The van der Waals surface area contributed by atoms with E-state index in [4.69, 9.17) is 23.8 Å². The van der Waals surface area contributed by atoms with E-state index in [2.05, 4.69) is 10.8 Å². The van der Waals surface area contributed by atoms with E-state index in [1.165, 1.54) is 0 Å². The number of hydrogen-bond donors (Lipinski definition) is 2. The van der Waals surface area contributed by atoms with Gasteiger partial charge in [-0.1, -0.05) is 19.3 Å². The van der Waals surface area contributed by atoms with Gasteiger partial charge in [0, 0.05) is 13.0 Å². The van der Waals surface area contributed by atoms with E-state index < -0.39 is 6.17 Å². The molecule has 31 heavy (non-hydrogen) atoms. The molecule has 1 saturated heterocycles. The van der Waals surface area contributed by atoms with Crippen molar-refractivity contribution in [1.82, 2.24) is 10.8 Å². The third-order valence-corrected chi connectivity index (χ3v) is 6.58. The van der Waals surface area contributed by atoms with Gasteiger partial charge in [-0.15, -0.1) is 0 Å². The van der Waals surface area contributed by atoms with Crippen LogP contribution < -0.4 is 10.8 Å². The molecule has 2 saturated carbocycles. The lowest BCUT2D eigenvalue weighted by Gasteiger charge is -2.32. The first-order valence-electron chi connectivity index (χ1n) is 11.8. The average Bonchev–Trinajstić information content (AvgIpc) is 3.28. The molecule has 0 spiro atoms. The molecule has 1 aliphatic heterocycles. The Balaban J connectivity index is 1.30. The minimum atomic E-state index is -0.806. The quantitative estimate of drug-likeness (QED) is 0.349. The Hall–Kier alpha value is -0.840. The number of hydroxylamine groups is 1. The number of esters is 1. The Bertz CT molecular complexity index is 528. The maximum atomic E-state index is 14.3. The summed E-state index contributed by atoms with van der Waals surface area (Å²) in [7, 11) is 1.63. The molecule has 3 rings (SSSR count). The molecule has 1 heterocycles. The second-order valence-corrected chi connectivity index (χ2v) is 8.77. The number of carbonyl (C=O) groups excluding carboxylic acids is 1. The summed E-state index contributed by atoms with van der Waals surface area (Å²) in [5.41, 5.74) is 3.07. The fraction of sp³-hybridized carbons (Fsp3) is 0.955. The van der Waals surface area contributed by atoms with Crippen molar-refractivity contribution in [3.63, 3.8) is 0 Å². The Morgan fingerprint density at radius 3 is 2.48 bits per heavy atom. The highest BCUT2D eigenvalue weighted by Crippen LogP contribution is 2.35. The second-order valence-electron chi connectivity index (χ2n) is 8.77.